The number of nitrogens with one attached hydrogen (secondary N) is 1. The number of benzene rings is 1. The first kappa shape index (κ1) is 13.5. The van der Waals surface area contributed by atoms with Crippen LogP contribution >= 0.6 is 0 Å². The fourth-order valence-corrected chi connectivity index (χ4v) is 1.96. The summed E-state index contributed by atoms with van der Waals surface area (Å²) in [5, 5.41) is 11.8. The van der Waals surface area contributed by atoms with Crippen molar-refractivity contribution in [1.82, 2.24) is 4.31 Å². The summed E-state index contributed by atoms with van der Waals surface area (Å²) in [6.07, 6.45) is 0. The molecule has 0 saturated carbocycles. The summed E-state index contributed by atoms with van der Waals surface area (Å²) in [5.74, 6) is -0.000235. The number of sulfonamides is 1. The smallest absolute Gasteiger partial charge is 0.215 e. The summed E-state index contributed by atoms with van der Waals surface area (Å²) in [4.78, 5) is 0. The fourth-order valence-electron chi connectivity index (χ4n) is 1.23. The second-order valence-electron chi connectivity index (χ2n) is 3.68. The predicted molar refractivity (Wildman–Crippen MR) is 67.1 cm³/mol. The highest BCUT2D eigenvalue weighted by Gasteiger charge is 2.12. The molecular formula is C11H15N3O2S. The molecule has 1 aromatic rings. The molecule has 0 aliphatic carbocycles. The van der Waals surface area contributed by atoms with Gasteiger partial charge >= 0.3 is 0 Å². The molecule has 0 aromatic heterocycles. The van der Waals surface area contributed by atoms with Crippen molar-refractivity contribution in [2.75, 3.05) is 31.7 Å². The Morgan fingerprint density at radius 1 is 1.35 bits per heavy atom. The largest absolute Gasteiger partial charge is 0.383 e. The van der Waals surface area contributed by atoms with E-state index in [1.165, 1.54) is 18.4 Å². The van der Waals surface area contributed by atoms with Crippen LogP contribution in [0.1, 0.15) is 5.56 Å². The van der Waals surface area contributed by atoms with Gasteiger partial charge in [0.25, 0.3) is 0 Å². The van der Waals surface area contributed by atoms with E-state index in [0.717, 1.165) is 0 Å². The van der Waals surface area contributed by atoms with E-state index in [4.69, 9.17) is 5.26 Å². The standard InChI is InChI=1S/C11H15N3O2S/c1-14(2)17(15,16)8-7-13-11-6-4-3-5-10(11)9-12/h3-6,13H,7-8H2,1-2H3. The molecule has 0 aliphatic rings. The van der Waals surface area contributed by atoms with Crippen molar-refractivity contribution in [1.29, 1.82) is 5.26 Å². The van der Waals surface area contributed by atoms with Gasteiger partial charge < -0.3 is 5.32 Å². The first-order valence-electron chi connectivity index (χ1n) is 5.10. The van der Waals surface area contributed by atoms with E-state index >= 15 is 0 Å². The second kappa shape index (κ2) is 5.66. The number of hydrogen-bond acceptors (Lipinski definition) is 4. The van der Waals surface area contributed by atoms with Crippen LogP contribution in [0, 0.1) is 11.3 Å². The van der Waals surface area contributed by atoms with Gasteiger partial charge in [-0.2, -0.15) is 5.26 Å². The molecule has 0 atom stereocenters. The van der Waals surface area contributed by atoms with E-state index in [2.05, 4.69) is 5.32 Å². The molecule has 5 nitrogen and oxygen atoms in total. The van der Waals surface area contributed by atoms with Crippen LogP contribution in [0.5, 0.6) is 0 Å². The maximum absolute atomic E-state index is 11.5. The molecule has 17 heavy (non-hydrogen) atoms. The van der Waals surface area contributed by atoms with Gasteiger partial charge in [0.15, 0.2) is 0 Å². The van der Waals surface area contributed by atoms with Crippen molar-refractivity contribution in [2.45, 2.75) is 0 Å². The Balaban J connectivity index is 2.61. The maximum Gasteiger partial charge on any atom is 0.215 e. The topological polar surface area (TPSA) is 73.2 Å². The first-order chi connectivity index (χ1) is 7.97. The zero-order chi connectivity index (χ0) is 12.9. The molecule has 6 heteroatoms. The van der Waals surface area contributed by atoms with Crippen molar-refractivity contribution < 1.29 is 8.42 Å². The Morgan fingerprint density at radius 3 is 2.59 bits per heavy atom. The molecule has 0 saturated heterocycles. The molecule has 0 unspecified atom stereocenters. The van der Waals surface area contributed by atoms with E-state index in [0.29, 0.717) is 11.3 Å². The van der Waals surface area contributed by atoms with Crippen molar-refractivity contribution in [3.8, 4) is 6.07 Å². The van der Waals surface area contributed by atoms with E-state index in [1.54, 1.807) is 24.3 Å². The number of rotatable bonds is 5. The third-order valence-electron chi connectivity index (χ3n) is 2.28. The number of nitrogens with zero attached hydrogens (tertiary/aromatic N) is 2. The molecule has 1 rings (SSSR count). The van der Waals surface area contributed by atoms with Gasteiger partial charge in [-0.05, 0) is 12.1 Å². The maximum atomic E-state index is 11.5. The Labute approximate surface area is 102 Å². The van der Waals surface area contributed by atoms with Crippen molar-refractivity contribution >= 4 is 15.7 Å². The number of anilines is 1. The Morgan fingerprint density at radius 2 is 2.00 bits per heavy atom. The summed E-state index contributed by atoms with van der Waals surface area (Å²) >= 11 is 0. The average molecular weight is 253 g/mol. The summed E-state index contributed by atoms with van der Waals surface area (Å²) < 4.78 is 24.2. The monoisotopic (exact) mass is 253 g/mol. The Kier molecular flexibility index (Phi) is 4.49. The highest BCUT2D eigenvalue weighted by atomic mass is 32.2. The molecular weight excluding hydrogens is 238 g/mol. The molecule has 1 aromatic carbocycles. The van der Waals surface area contributed by atoms with E-state index in [9.17, 15) is 8.42 Å². The highest BCUT2D eigenvalue weighted by Crippen LogP contribution is 2.13. The predicted octanol–water partition coefficient (Wildman–Crippen LogP) is 0.862. The molecule has 1 N–H and O–H groups in total. The van der Waals surface area contributed by atoms with Crippen molar-refractivity contribution in [2.24, 2.45) is 0 Å². The molecule has 0 bridgehead atoms. The lowest BCUT2D eigenvalue weighted by Crippen LogP contribution is -2.28. The SMILES string of the molecule is CN(C)S(=O)(=O)CCNc1ccccc1C#N. The van der Waals surface area contributed by atoms with Crippen molar-refractivity contribution in [3.63, 3.8) is 0 Å². The fraction of sp³-hybridized carbons (Fsp3) is 0.364. The molecule has 0 amide bonds. The molecule has 0 fully saturated rings. The van der Waals surface area contributed by atoms with Gasteiger partial charge in [0.2, 0.25) is 10.0 Å². The van der Waals surface area contributed by atoms with Crippen LogP contribution in [0.15, 0.2) is 24.3 Å². The van der Waals surface area contributed by atoms with Gasteiger partial charge in [-0.25, -0.2) is 12.7 Å². The molecule has 0 spiro atoms. The van der Waals surface area contributed by atoms with Gasteiger partial charge in [-0.3, -0.25) is 0 Å². The van der Waals surface area contributed by atoms with Crippen LogP contribution in [0.4, 0.5) is 5.69 Å². The molecule has 0 heterocycles. The van der Waals surface area contributed by atoms with Gasteiger partial charge in [0.1, 0.15) is 6.07 Å². The minimum Gasteiger partial charge on any atom is -0.383 e. The van der Waals surface area contributed by atoms with E-state index in [-0.39, 0.29) is 12.3 Å². The second-order valence-corrected chi connectivity index (χ2v) is 5.98. The number of nitriles is 1. The first-order valence-corrected chi connectivity index (χ1v) is 6.71. The van der Waals surface area contributed by atoms with Crippen LogP contribution in [-0.4, -0.2) is 39.1 Å². The highest BCUT2D eigenvalue weighted by molar-refractivity contribution is 7.89. The summed E-state index contributed by atoms with van der Waals surface area (Å²) in [5.41, 5.74) is 1.17. The van der Waals surface area contributed by atoms with Gasteiger partial charge in [0.05, 0.1) is 17.0 Å². The van der Waals surface area contributed by atoms with E-state index in [1.807, 2.05) is 6.07 Å². The van der Waals surface area contributed by atoms with Gasteiger partial charge in [-0.15, -0.1) is 0 Å². The number of hydrogen-bond donors (Lipinski definition) is 1. The molecule has 0 aliphatic heterocycles. The summed E-state index contributed by atoms with van der Waals surface area (Å²) in [6, 6.07) is 9.04. The molecule has 0 radical (unpaired) electrons. The summed E-state index contributed by atoms with van der Waals surface area (Å²) in [6.45, 7) is 0.277. The van der Waals surface area contributed by atoms with Crippen LogP contribution in [0.25, 0.3) is 0 Å². The Hall–Kier alpha value is -1.58. The lowest BCUT2D eigenvalue weighted by atomic mass is 10.2. The number of para-hydroxylation sites is 1. The third kappa shape index (κ3) is 3.73. The lowest BCUT2D eigenvalue weighted by molar-refractivity contribution is 0.521. The zero-order valence-electron chi connectivity index (χ0n) is 9.84. The molecule has 92 valence electrons. The van der Waals surface area contributed by atoms with Gasteiger partial charge in [-0.1, -0.05) is 12.1 Å². The Bertz CT molecular complexity index is 518. The minimum absolute atomic E-state index is 0.000235. The van der Waals surface area contributed by atoms with Crippen LogP contribution in [0.3, 0.4) is 0 Å². The lowest BCUT2D eigenvalue weighted by Gasteiger charge is -2.12. The zero-order valence-corrected chi connectivity index (χ0v) is 10.7. The van der Waals surface area contributed by atoms with Crippen LogP contribution < -0.4 is 5.32 Å². The van der Waals surface area contributed by atoms with Gasteiger partial charge in [0, 0.05) is 20.6 Å². The average Bonchev–Trinajstić information content (AvgIpc) is 2.29. The van der Waals surface area contributed by atoms with Crippen LogP contribution in [-0.2, 0) is 10.0 Å². The van der Waals surface area contributed by atoms with Crippen molar-refractivity contribution in [3.05, 3.63) is 29.8 Å². The van der Waals surface area contributed by atoms with E-state index < -0.39 is 10.0 Å². The third-order valence-corrected chi connectivity index (χ3v) is 4.11. The van der Waals surface area contributed by atoms with Crippen LogP contribution in [0.2, 0.25) is 0 Å². The summed E-state index contributed by atoms with van der Waals surface area (Å²) in [7, 11) is -0.203. The quantitative estimate of drug-likeness (QED) is 0.844. The normalized spacial score (nSPS) is 11.2. The minimum atomic E-state index is -3.20.